The lowest BCUT2D eigenvalue weighted by atomic mass is 10.3. The average Bonchev–Trinajstić information content (AvgIpc) is 2.98. The van der Waals surface area contributed by atoms with Crippen LogP contribution in [0.4, 0.5) is 0 Å². The summed E-state index contributed by atoms with van der Waals surface area (Å²) in [5.41, 5.74) is 0.576. The molecular formula is C12H12N4O3. The quantitative estimate of drug-likeness (QED) is 0.786. The van der Waals surface area contributed by atoms with Crippen molar-refractivity contribution in [2.45, 2.75) is 0 Å². The molecule has 1 aliphatic heterocycles. The molecule has 2 aromatic rings. The summed E-state index contributed by atoms with van der Waals surface area (Å²) in [5.74, 6) is 0.0396. The van der Waals surface area contributed by atoms with Gasteiger partial charge >= 0.3 is 11.8 Å². The van der Waals surface area contributed by atoms with Crippen molar-refractivity contribution in [3.05, 3.63) is 30.3 Å². The fourth-order valence-electron chi connectivity index (χ4n) is 1.81. The second-order valence-corrected chi connectivity index (χ2v) is 4.04. The smallest absolute Gasteiger partial charge is 0.316 e. The molecule has 3 rings (SSSR count). The van der Waals surface area contributed by atoms with E-state index in [4.69, 9.17) is 9.26 Å². The Kier molecular flexibility index (Phi) is 3.20. The van der Waals surface area contributed by atoms with Crippen LogP contribution in [0.25, 0.3) is 11.5 Å². The van der Waals surface area contributed by atoms with Crippen molar-refractivity contribution in [3.63, 3.8) is 0 Å². The highest BCUT2D eigenvalue weighted by Gasteiger charge is 2.24. The number of rotatable bonds is 2. The summed E-state index contributed by atoms with van der Waals surface area (Å²) in [6.45, 7) is 2.15. The van der Waals surface area contributed by atoms with Gasteiger partial charge in [0.2, 0.25) is 5.82 Å². The van der Waals surface area contributed by atoms with Crippen molar-refractivity contribution in [3.8, 4) is 11.5 Å². The van der Waals surface area contributed by atoms with E-state index in [-0.39, 0.29) is 11.8 Å². The molecule has 3 heterocycles. The van der Waals surface area contributed by atoms with Crippen LogP contribution in [0.1, 0.15) is 10.7 Å². The fraction of sp³-hybridized carbons (Fsp3) is 0.333. The van der Waals surface area contributed by atoms with E-state index in [0.29, 0.717) is 37.8 Å². The Bertz CT molecular complexity index is 563. The molecule has 19 heavy (non-hydrogen) atoms. The third-order valence-electron chi connectivity index (χ3n) is 2.80. The molecule has 1 saturated heterocycles. The molecule has 7 heteroatoms. The molecule has 98 valence electrons. The Hall–Kier alpha value is -2.28. The minimum absolute atomic E-state index is 0.0115. The first-order valence-electron chi connectivity index (χ1n) is 5.97. The van der Waals surface area contributed by atoms with E-state index in [9.17, 15) is 4.79 Å². The number of hydrogen-bond donors (Lipinski definition) is 0. The minimum atomic E-state index is -0.266. The maximum atomic E-state index is 12.1. The van der Waals surface area contributed by atoms with Crippen molar-refractivity contribution in [2.24, 2.45) is 0 Å². The van der Waals surface area contributed by atoms with Gasteiger partial charge in [-0.1, -0.05) is 11.2 Å². The van der Waals surface area contributed by atoms with Gasteiger partial charge in [-0.25, -0.2) is 0 Å². The summed E-state index contributed by atoms with van der Waals surface area (Å²) in [6, 6.07) is 5.37. The first kappa shape index (κ1) is 11.8. The van der Waals surface area contributed by atoms with E-state index in [0.717, 1.165) is 0 Å². The molecule has 0 aromatic carbocycles. The van der Waals surface area contributed by atoms with Gasteiger partial charge in [0, 0.05) is 19.3 Å². The van der Waals surface area contributed by atoms with E-state index in [2.05, 4.69) is 15.1 Å². The summed E-state index contributed by atoms with van der Waals surface area (Å²) < 4.78 is 10.2. The molecule has 0 radical (unpaired) electrons. The second kappa shape index (κ2) is 5.15. The van der Waals surface area contributed by atoms with Crippen LogP contribution in [0.15, 0.2) is 28.9 Å². The van der Waals surface area contributed by atoms with E-state index in [1.165, 1.54) is 0 Å². The summed E-state index contributed by atoms with van der Waals surface area (Å²) >= 11 is 0. The van der Waals surface area contributed by atoms with Gasteiger partial charge in [0.15, 0.2) is 0 Å². The normalized spacial score (nSPS) is 15.5. The molecule has 0 atom stereocenters. The van der Waals surface area contributed by atoms with Gasteiger partial charge in [0.05, 0.1) is 13.2 Å². The highest BCUT2D eigenvalue weighted by atomic mass is 16.5. The molecule has 0 aliphatic carbocycles. The van der Waals surface area contributed by atoms with Crippen LogP contribution >= 0.6 is 0 Å². The highest BCUT2D eigenvalue weighted by molar-refractivity contribution is 5.90. The lowest BCUT2D eigenvalue weighted by Gasteiger charge is -2.25. The molecule has 0 saturated carbocycles. The molecule has 1 amide bonds. The summed E-state index contributed by atoms with van der Waals surface area (Å²) in [6.07, 6.45) is 1.63. The molecule has 0 N–H and O–H groups in total. The zero-order valence-electron chi connectivity index (χ0n) is 10.2. The Morgan fingerprint density at radius 3 is 2.84 bits per heavy atom. The Morgan fingerprint density at radius 2 is 2.11 bits per heavy atom. The number of pyridine rings is 1. The lowest BCUT2D eigenvalue weighted by molar-refractivity contribution is 0.0272. The van der Waals surface area contributed by atoms with Crippen LogP contribution in [0, 0.1) is 0 Å². The maximum absolute atomic E-state index is 12.1. The van der Waals surface area contributed by atoms with Crippen LogP contribution in [0.2, 0.25) is 0 Å². The van der Waals surface area contributed by atoms with E-state index < -0.39 is 0 Å². The van der Waals surface area contributed by atoms with Crippen LogP contribution < -0.4 is 0 Å². The number of ether oxygens (including phenoxy) is 1. The van der Waals surface area contributed by atoms with Crippen molar-refractivity contribution < 1.29 is 14.1 Å². The number of nitrogens with zero attached hydrogens (tertiary/aromatic N) is 4. The van der Waals surface area contributed by atoms with E-state index in [1.54, 1.807) is 23.2 Å². The molecular weight excluding hydrogens is 248 g/mol. The molecule has 2 aromatic heterocycles. The number of hydrogen-bond acceptors (Lipinski definition) is 6. The molecule has 0 spiro atoms. The van der Waals surface area contributed by atoms with Crippen LogP contribution in [0.5, 0.6) is 0 Å². The number of aromatic nitrogens is 3. The standard InChI is InChI=1S/C12H12N4O3/c17-12(16-5-7-18-8-6-16)11-14-10(15-19-11)9-3-1-2-4-13-9/h1-4H,5-8H2. The van der Waals surface area contributed by atoms with E-state index in [1.807, 2.05) is 6.07 Å². The fourth-order valence-corrected chi connectivity index (χ4v) is 1.81. The van der Waals surface area contributed by atoms with Gasteiger partial charge < -0.3 is 14.2 Å². The number of carbonyl (C=O) groups is 1. The number of carbonyl (C=O) groups excluding carboxylic acids is 1. The maximum Gasteiger partial charge on any atom is 0.316 e. The summed E-state index contributed by atoms with van der Waals surface area (Å²) in [4.78, 5) is 21.9. The van der Waals surface area contributed by atoms with Gasteiger partial charge in [-0.05, 0) is 12.1 Å². The SMILES string of the molecule is O=C(c1nc(-c2ccccn2)no1)N1CCOCC1. The first-order valence-corrected chi connectivity index (χ1v) is 5.97. The van der Waals surface area contributed by atoms with Crippen molar-refractivity contribution in [1.82, 2.24) is 20.0 Å². The Balaban J connectivity index is 1.79. The van der Waals surface area contributed by atoms with Gasteiger partial charge in [0.25, 0.3) is 0 Å². The predicted octanol–water partition coefficient (Wildman–Crippen LogP) is 0.604. The third kappa shape index (κ3) is 2.45. The Morgan fingerprint density at radius 1 is 1.26 bits per heavy atom. The van der Waals surface area contributed by atoms with Gasteiger partial charge in [-0.3, -0.25) is 9.78 Å². The number of morpholine rings is 1. The van der Waals surface area contributed by atoms with Gasteiger partial charge in [-0.15, -0.1) is 0 Å². The van der Waals surface area contributed by atoms with Gasteiger partial charge in [0.1, 0.15) is 5.69 Å². The minimum Gasteiger partial charge on any atom is -0.378 e. The van der Waals surface area contributed by atoms with Crippen molar-refractivity contribution in [1.29, 1.82) is 0 Å². The van der Waals surface area contributed by atoms with Crippen molar-refractivity contribution in [2.75, 3.05) is 26.3 Å². The summed E-state index contributed by atoms with van der Waals surface area (Å²) in [7, 11) is 0. The van der Waals surface area contributed by atoms with Crippen LogP contribution in [-0.4, -0.2) is 52.2 Å². The van der Waals surface area contributed by atoms with Crippen LogP contribution in [0.3, 0.4) is 0 Å². The lowest BCUT2D eigenvalue weighted by Crippen LogP contribution is -2.40. The van der Waals surface area contributed by atoms with Crippen molar-refractivity contribution >= 4 is 5.91 Å². The zero-order valence-corrected chi connectivity index (χ0v) is 10.2. The number of amides is 1. The monoisotopic (exact) mass is 260 g/mol. The molecule has 1 aliphatic rings. The van der Waals surface area contributed by atoms with Gasteiger partial charge in [-0.2, -0.15) is 4.98 Å². The highest BCUT2D eigenvalue weighted by Crippen LogP contribution is 2.13. The second-order valence-electron chi connectivity index (χ2n) is 4.04. The molecule has 1 fully saturated rings. The predicted molar refractivity (Wildman–Crippen MR) is 64.3 cm³/mol. The topological polar surface area (TPSA) is 81.3 Å². The largest absolute Gasteiger partial charge is 0.378 e. The molecule has 0 bridgehead atoms. The zero-order chi connectivity index (χ0) is 13.1. The van der Waals surface area contributed by atoms with E-state index >= 15 is 0 Å². The third-order valence-corrected chi connectivity index (χ3v) is 2.80. The summed E-state index contributed by atoms with van der Waals surface area (Å²) in [5, 5.41) is 3.77. The first-order chi connectivity index (χ1) is 9.34. The molecule has 7 nitrogen and oxygen atoms in total. The Labute approximate surface area is 109 Å². The average molecular weight is 260 g/mol. The van der Waals surface area contributed by atoms with Crippen LogP contribution in [-0.2, 0) is 4.74 Å². The molecule has 0 unspecified atom stereocenters.